The van der Waals surface area contributed by atoms with Gasteiger partial charge in [-0.2, -0.15) is 0 Å². The predicted octanol–water partition coefficient (Wildman–Crippen LogP) is 2.53. The molecule has 4 rings (SSSR count). The molecule has 2 aliphatic rings. The van der Waals surface area contributed by atoms with Gasteiger partial charge in [-0.3, -0.25) is 14.5 Å². The van der Waals surface area contributed by atoms with Crippen LogP contribution in [0.1, 0.15) is 18.5 Å². The number of ether oxygens (including phenoxy) is 1. The summed E-state index contributed by atoms with van der Waals surface area (Å²) in [7, 11) is 0. The highest BCUT2D eigenvalue weighted by Gasteiger charge is 2.35. The van der Waals surface area contributed by atoms with Gasteiger partial charge in [-0.1, -0.05) is 24.3 Å². The maximum atomic E-state index is 13.7. The molecular formula is C21H23ClFN3O3. The summed E-state index contributed by atoms with van der Waals surface area (Å²) in [4.78, 5) is 29.0. The van der Waals surface area contributed by atoms with E-state index in [0.717, 1.165) is 5.56 Å². The van der Waals surface area contributed by atoms with Crippen LogP contribution >= 0.6 is 12.4 Å². The summed E-state index contributed by atoms with van der Waals surface area (Å²) in [5.41, 5.74) is 1.33. The summed E-state index contributed by atoms with van der Waals surface area (Å²) in [6.45, 7) is 3.29. The zero-order chi connectivity index (χ0) is 19.7. The van der Waals surface area contributed by atoms with E-state index >= 15 is 0 Å². The number of nitrogens with one attached hydrogen (secondary N) is 1. The van der Waals surface area contributed by atoms with Gasteiger partial charge in [0.15, 0.2) is 6.10 Å². The van der Waals surface area contributed by atoms with Crippen LogP contribution < -0.4 is 15.0 Å². The molecule has 0 bridgehead atoms. The minimum absolute atomic E-state index is 0. The Hall–Kier alpha value is -2.64. The lowest BCUT2D eigenvalue weighted by Gasteiger charge is -2.39. The molecule has 2 aromatic rings. The van der Waals surface area contributed by atoms with Crippen molar-refractivity contribution >= 4 is 29.9 Å². The first-order valence-electron chi connectivity index (χ1n) is 9.37. The molecule has 2 aliphatic heterocycles. The summed E-state index contributed by atoms with van der Waals surface area (Å²) in [6, 6.07) is 13.2. The highest BCUT2D eigenvalue weighted by Crippen LogP contribution is 2.34. The summed E-state index contributed by atoms with van der Waals surface area (Å²) in [6.07, 6.45) is -0.648. The molecule has 29 heavy (non-hydrogen) atoms. The van der Waals surface area contributed by atoms with Crippen molar-refractivity contribution in [1.82, 2.24) is 10.2 Å². The predicted molar refractivity (Wildman–Crippen MR) is 110 cm³/mol. The quantitative estimate of drug-likeness (QED) is 0.830. The molecule has 2 heterocycles. The van der Waals surface area contributed by atoms with Gasteiger partial charge in [-0.25, -0.2) is 4.39 Å². The van der Waals surface area contributed by atoms with Crippen LogP contribution in [0.2, 0.25) is 0 Å². The van der Waals surface area contributed by atoms with Crippen molar-refractivity contribution in [3.05, 3.63) is 59.9 Å². The molecule has 0 aliphatic carbocycles. The van der Waals surface area contributed by atoms with E-state index in [-0.39, 0.29) is 42.6 Å². The van der Waals surface area contributed by atoms with E-state index in [4.69, 9.17) is 4.74 Å². The third-order valence-corrected chi connectivity index (χ3v) is 5.16. The molecule has 1 N–H and O–H groups in total. The lowest BCUT2D eigenvalue weighted by molar-refractivity contribution is -0.135. The zero-order valence-electron chi connectivity index (χ0n) is 16.0. The van der Waals surface area contributed by atoms with Crippen LogP contribution in [0.4, 0.5) is 10.1 Å². The van der Waals surface area contributed by atoms with Crippen LogP contribution in [0, 0.1) is 5.82 Å². The van der Waals surface area contributed by atoms with Crippen LogP contribution in [-0.2, 0) is 9.59 Å². The fourth-order valence-corrected chi connectivity index (χ4v) is 3.76. The standard InChI is InChI=1S/C21H22FN3O3.ClH/c1-14-21(27)25(17-7-2-3-8-19(17)28-14)13-20(26)24-10-9-23-12-18(24)15-5-4-6-16(22)11-15;/h2-8,11,14,18,23H,9-10,12-13H2,1H3;1H. The average Bonchev–Trinajstić information content (AvgIpc) is 2.71. The summed E-state index contributed by atoms with van der Waals surface area (Å²) >= 11 is 0. The lowest BCUT2D eigenvalue weighted by atomic mass is 10.0. The number of carbonyl (C=O) groups excluding carboxylic acids is 2. The van der Waals surface area contributed by atoms with Gasteiger partial charge in [0.1, 0.15) is 18.1 Å². The Morgan fingerprint density at radius 2 is 2.03 bits per heavy atom. The van der Waals surface area contributed by atoms with Gasteiger partial charge in [-0.15, -0.1) is 12.4 Å². The minimum atomic E-state index is -0.648. The SMILES string of the molecule is CC1Oc2ccccc2N(CC(=O)N2CCNCC2c2cccc(F)c2)C1=O.Cl. The Bertz CT molecular complexity index is 910. The first-order chi connectivity index (χ1) is 13.5. The highest BCUT2D eigenvalue weighted by molar-refractivity contribution is 6.03. The Morgan fingerprint density at radius 1 is 1.24 bits per heavy atom. The lowest BCUT2D eigenvalue weighted by Crippen LogP contribution is -2.54. The molecule has 2 atom stereocenters. The molecule has 6 nitrogen and oxygen atoms in total. The second-order valence-corrected chi connectivity index (χ2v) is 7.01. The highest BCUT2D eigenvalue weighted by atomic mass is 35.5. The summed E-state index contributed by atoms with van der Waals surface area (Å²) in [5.74, 6) is -0.163. The number of halogens is 2. The van der Waals surface area contributed by atoms with Gasteiger partial charge < -0.3 is 15.0 Å². The van der Waals surface area contributed by atoms with Gasteiger partial charge in [0.25, 0.3) is 5.91 Å². The third-order valence-electron chi connectivity index (χ3n) is 5.16. The van der Waals surface area contributed by atoms with E-state index < -0.39 is 6.10 Å². The molecule has 2 amide bonds. The molecule has 0 spiro atoms. The number of para-hydroxylation sites is 2. The first kappa shape index (κ1) is 21.1. The fourth-order valence-electron chi connectivity index (χ4n) is 3.76. The van der Waals surface area contributed by atoms with Crippen molar-refractivity contribution < 1.29 is 18.7 Å². The number of anilines is 1. The van der Waals surface area contributed by atoms with Gasteiger partial charge in [-0.05, 0) is 36.8 Å². The zero-order valence-corrected chi connectivity index (χ0v) is 16.8. The molecular weight excluding hydrogens is 397 g/mol. The van der Waals surface area contributed by atoms with Gasteiger partial charge in [0.05, 0.1) is 11.7 Å². The Morgan fingerprint density at radius 3 is 2.83 bits per heavy atom. The summed E-state index contributed by atoms with van der Waals surface area (Å²) < 4.78 is 19.3. The van der Waals surface area contributed by atoms with Gasteiger partial charge in [0, 0.05) is 19.6 Å². The average molecular weight is 420 g/mol. The normalized spacial score (nSPS) is 21.1. The van der Waals surface area contributed by atoms with Crippen molar-refractivity contribution in [3.8, 4) is 5.75 Å². The Kier molecular flexibility index (Phi) is 6.39. The van der Waals surface area contributed by atoms with E-state index in [9.17, 15) is 14.0 Å². The van der Waals surface area contributed by atoms with Crippen LogP contribution in [-0.4, -0.2) is 49.0 Å². The number of piperazine rings is 1. The monoisotopic (exact) mass is 419 g/mol. The van der Waals surface area contributed by atoms with Crippen LogP contribution in [0.15, 0.2) is 48.5 Å². The van der Waals surface area contributed by atoms with Crippen molar-refractivity contribution in [2.45, 2.75) is 19.1 Å². The van der Waals surface area contributed by atoms with E-state index in [1.165, 1.54) is 17.0 Å². The van der Waals surface area contributed by atoms with Crippen LogP contribution in [0.3, 0.4) is 0 Å². The number of rotatable bonds is 3. The number of benzene rings is 2. The molecule has 2 aromatic carbocycles. The number of fused-ring (bicyclic) bond motifs is 1. The van der Waals surface area contributed by atoms with Crippen LogP contribution in [0.5, 0.6) is 5.75 Å². The Labute approximate surface area is 175 Å². The minimum Gasteiger partial charge on any atom is -0.479 e. The van der Waals surface area contributed by atoms with Crippen molar-refractivity contribution in [2.24, 2.45) is 0 Å². The number of nitrogens with zero attached hydrogens (tertiary/aromatic N) is 2. The second kappa shape index (κ2) is 8.80. The molecule has 0 saturated carbocycles. The molecule has 8 heteroatoms. The van der Waals surface area contributed by atoms with E-state index in [0.29, 0.717) is 31.1 Å². The van der Waals surface area contributed by atoms with Gasteiger partial charge >= 0.3 is 0 Å². The van der Waals surface area contributed by atoms with Crippen LogP contribution in [0.25, 0.3) is 0 Å². The first-order valence-corrected chi connectivity index (χ1v) is 9.37. The Balaban J connectivity index is 0.00000240. The summed E-state index contributed by atoms with van der Waals surface area (Å²) in [5, 5.41) is 3.26. The number of hydrogen-bond donors (Lipinski definition) is 1. The van der Waals surface area contributed by atoms with Crippen molar-refractivity contribution in [3.63, 3.8) is 0 Å². The fraction of sp³-hybridized carbons (Fsp3) is 0.333. The number of carbonyl (C=O) groups is 2. The topological polar surface area (TPSA) is 61.9 Å². The van der Waals surface area contributed by atoms with E-state index in [1.54, 1.807) is 30.0 Å². The third kappa shape index (κ3) is 4.21. The van der Waals surface area contributed by atoms with Gasteiger partial charge in [0.2, 0.25) is 5.91 Å². The van der Waals surface area contributed by atoms with Crippen molar-refractivity contribution in [2.75, 3.05) is 31.1 Å². The van der Waals surface area contributed by atoms with E-state index in [2.05, 4.69) is 5.32 Å². The maximum absolute atomic E-state index is 13.7. The molecule has 2 unspecified atom stereocenters. The largest absolute Gasteiger partial charge is 0.479 e. The second-order valence-electron chi connectivity index (χ2n) is 7.01. The number of amides is 2. The molecule has 1 saturated heterocycles. The molecule has 1 fully saturated rings. The number of hydrogen-bond acceptors (Lipinski definition) is 4. The molecule has 0 aromatic heterocycles. The molecule has 154 valence electrons. The molecule has 0 radical (unpaired) electrons. The van der Waals surface area contributed by atoms with Crippen molar-refractivity contribution in [1.29, 1.82) is 0 Å². The van der Waals surface area contributed by atoms with E-state index in [1.807, 2.05) is 18.2 Å². The maximum Gasteiger partial charge on any atom is 0.268 e. The smallest absolute Gasteiger partial charge is 0.268 e.